The van der Waals surface area contributed by atoms with Gasteiger partial charge in [0.15, 0.2) is 0 Å². The molecule has 0 radical (unpaired) electrons. The number of nitrogens with one attached hydrogen (secondary N) is 1. The monoisotopic (exact) mass is 375 g/mol. The SMILES string of the molecule is CCN(CC)c1ccc(/C=C/[C@]23NC(=O)CN2c2ccccc2C3(C)C)cc1. The van der Waals surface area contributed by atoms with E-state index >= 15 is 0 Å². The van der Waals surface area contributed by atoms with E-state index in [4.69, 9.17) is 0 Å². The number of carbonyl (C=O) groups is 1. The smallest absolute Gasteiger partial charge is 0.241 e. The van der Waals surface area contributed by atoms with Crippen LogP contribution < -0.4 is 15.1 Å². The maximum absolute atomic E-state index is 12.4. The van der Waals surface area contributed by atoms with E-state index in [1.54, 1.807) is 0 Å². The van der Waals surface area contributed by atoms with Crippen molar-refractivity contribution in [1.29, 1.82) is 0 Å². The van der Waals surface area contributed by atoms with Crippen LogP contribution in [0.4, 0.5) is 11.4 Å². The van der Waals surface area contributed by atoms with Gasteiger partial charge in [0.2, 0.25) is 5.91 Å². The van der Waals surface area contributed by atoms with E-state index in [0.717, 1.165) is 24.3 Å². The normalized spacial score (nSPS) is 22.3. The van der Waals surface area contributed by atoms with E-state index in [0.29, 0.717) is 6.54 Å². The van der Waals surface area contributed by atoms with Crippen molar-refractivity contribution in [1.82, 2.24) is 5.32 Å². The number of hydrogen-bond donors (Lipinski definition) is 1. The highest BCUT2D eigenvalue weighted by molar-refractivity contribution is 5.91. The van der Waals surface area contributed by atoms with Crippen molar-refractivity contribution >= 4 is 23.4 Å². The van der Waals surface area contributed by atoms with Gasteiger partial charge >= 0.3 is 0 Å². The van der Waals surface area contributed by atoms with Crippen LogP contribution in [0.15, 0.2) is 54.6 Å². The van der Waals surface area contributed by atoms with Crippen LogP contribution in [0.2, 0.25) is 0 Å². The Labute approximate surface area is 167 Å². The fourth-order valence-corrected chi connectivity index (χ4v) is 4.74. The molecule has 0 aliphatic carbocycles. The Morgan fingerprint density at radius 3 is 2.43 bits per heavy atom. The largest absolute Gasteiger partial charge is 0.372 e. The minimum absolute atomic E-state index is 0.0732. The number of anilines is 2. The Balaban J connectivity index is 1.69. The zero-order valence-corrected chi connectivity index (χ0v) is 17.2. The standard InChI is InChI=1S/C24H29N3O/c1-5-26(6-2)19-13-11-18(12-14-19)15-16-24-23(3,4)20-9-7-8-10-21(20)27(24)17-22(28)25-24/h7-16H,5-6,17H2,1-4H3,(H,25,28)/b16-15+/t24-/m0/s1. The highest BCUT2D eigenvalue weighted by Gasteiger charge is 2.59. The van der Waals surface area contributed by atoms with Crippen molar-refractivity contribution in [3.8, 4) is 0 Å². The lowest BCUT2D eigenvalue weighted by Crippen LogP contribution is -2.58. The van der Waals surface area contributed by atoms with Crippen LogP contribution in [-0.2, 0) is 10.2 Å². The van der Waals surface area contributed by atoms with Gasteiger partial charge in [-0.05, 0) is 49.2 Å². The summed E-state index contributed by atoms with van der Waals surface area (Å²) in [7, 11) is 0. The molecule has 0 unspecified atom stereocenters. The average Bonchev–Trinajstić information content (AvgIpc) is 3.13. The van der Waals surface area contributed by atoms with Crippen LogP contribution in [0.5, 0.6) is 0 Å². The highest BCUT2D eigenvalue weighted by Crippen LogP contribution is 2.52. The van der Waals surface area contributed by atoms with E-state index < -0.39 is 5.66 Å². The first-order chi connectivity index (χ1) is 13.4. The average molecular weight is 376 g/mol. The summed E-state index contributed by atoms with van der Waals surface area (Å²) in [6, 6.07) is 17.1. The Bertz CT molecular complexity index is 912. The second-order valence-electron chi connectivity index (χ2n) is 8.14. The van der Waals surface area contributed by atoms with Gasteiger partial charge < -0.3 is 15.1 Å². The molecule has 1 fully saturated rings. The van der Waals surface area contributed by atoms with Crippen LogP contribution in [0.25, 0.3) is 6.08 Å². The molecule has 2 aliphatic rings. The second-order valence-corrected chi connectivity index (χ2v) is 8.14. The van der Waals surface area contributed by atoms with Crippen molar-refractivity contribution in [2.75, 3.05) is 29.4 Å². The molecule has 0 saturated carbocycles. The van der Waals surface area contributed by atoms with Gasteiger partial charge in [-0.15, -0.1) is 0 Å². The molecule has 0 aromatic heterocycles. The van der Waals surface area contributed by atoms with Gasteiger partial charge in [-0.25, -0.2) is 0 Å². The molecule has 28 heavy (non-hydrogen) atoms. The third-order valence-electron chi connectivity index (χ3n) is 6.42. The molecular weight excluding hydrogens is 346 g/mol. The number of carbonyl (C=O) groups excluding carboxylic acids is 1. The highest BCUT2D eigenvalue weighted by atomic mass is 16.2. The first kappa shape index (κ1) is 18.6. The van der Waals surface area contributed by atoms with Gasteiger partial charge in [0, 0.05) is 29.9 Å². The molecule has 1 N–H and O–H groups in total. The molecule has 2 aromatic rings. The van der Waals surface area contributed by atoms with Crippen molar-refractivity contribution in [2.24, 2.45) is 0 Å². The summed E-state index contributed by atoms with van der Waals surface area (Å²) in [4.78, 5) is 16.9. The van der Waals surface area contributed by atoms with E-state index in [-0.39, 0.29) is 11.3 Å². The molecule has 2 aliphatic heterocycles. The van der Waals surface area contributed by atoms with Gasteiger partial charge in [-0.2, -0.15) is 0 Å². The fraction of sp³-hybridized carbons (Fsp3) is 0.375. The van der Waals surface area contributed by atoms with Crippen LogP contribution in [0.1, 0.15) is 38.8 Å². The summed E-state index contributed by atoms with van der Waals surface area (Å²) in [5.74, 6) is 0.0732. The first-order valence-electron chi connectivity index (χ1n) is 10.2. The van der Waals surface area contributed by atoms with Crippen LogP contribution in [0.3, 0.4) is 0 Å². The molecule has 0 bridgehead atoms. The van der Waals surface area contributed by atoms with Crippen LogP contribution in [0, 0.1) is 0 Å². The van der Waals surface area contributed by atoms with Crippen molar-refractivity contribution in [3.63, 3.8) is 0 Å². The van der Waals surface area contributed by atoms with Crippen molar-refractivity contribution in [2.45, 2.75) is 38.8 Å². The predicted octanol–water partition coefficient (Wildman–Crippen LogP) is 4.17. The van der Waals surface area contributed by atoms with Crippen molar-refractivity contribution < 1.29 is 4.79 Å². The molecule has 4 rings (SSSR count). The number of amides is 1. The molecule has 146 valence electrons. The molecule has 4 nitrogen and oxygen atoms in total. The van der Waals surface area contributed by atoms with Gasteiger partial charge in [-0.1, -0.05) is 50.3 Å². The Morgan fingerprint density at radius 1 is 1.07 bits per heavy atom. The molecule has 2 aromatic carbocycles. The fourth-order valence-electron chi connectivity index (χ4n) is 4.74. The Morgan fingerprint density at radius 2 is 1.75 bits per heavy atom. The van der Waals surface area contributed by atoms with E-state index in [2.05, 4.69) is 97.4 Å². The summed E-state index contributed by atoms with van der Waals surface area (Å²) in [5.41, 5.74) is 4.03. The zero-order valence-electron chi connectivity index (χ0n) is 17.2. The molecular formula is C24H29N3O. The molecule has 0 spiro atoms. The van der Waals surface area contributed by atoms with E-state index in [1.807, 2.05) is 6.07 Å². The maximum atomic E-state index is 12.4. The van der Waals surface area contributed by atoms with Gasteiger partial charge in [0.1, 0.15) is 5.66 Å². The summed E-state index contributed by atoms with van der Waals surface area (Å²) in [6.07, 6.45) is 4.31. The summed E-state index contributed by atoms with van der Waals surface area (Å²) in [6.45, 7) is 11.2. The van der Waals surface area contributed by atoms with Crippen LogP contribution >= 0.6 is 0 Å². The first-order valence-corrected chi connectivity index (χ1v) is 10.2. The number of fused-ring (bicyclic) bond motifs is 3. The molecule has 1 saturated heterocycles. The van der Waals surface area contributed by atoms with Crippen LogP contribution in [-0.4, -0.2) is 31.2 Å². The van der Waals surface area contributed by atoms with Gasteiger partial charge in [0.25, 0.3) is 0 Å². The Hall–Kier alpha value is -2.75. The summed E-state index contributed by atoms with van der Waals surface area (Å²) >= 11 is 0. The number of benzene rings is 2. The lowest BCUT2D eigenvalue weighted by molar-refractivity contribution is -0.118. The minimum atomic E-state index is -0.536. The topological polar surface area (TPSA) is 35.6 Å². The maximum Gasteiger partial charge on any atom is 0.241 e. The Kier molecular flexibility index (Phi) is 4.45. The zero-order chi connectivity index (χ0) is 19.9. The van der Waals surface area contributed by atoms with E-state index in [1.165, 1.54) is 11.3 Å². The molecule has 1 atom stereocenters. The van der Waals surface area contributed by atoms with Crippen molar-refractivity contribution in [3.05, 3.63) is 65.7 Å². The summed E-state index contributed by atoms with van der Waals surface area (Å²) in [5, 5.41) is 3.28. The molecule has 4 heteroatoms. The number of para-hydroxylation sites is 1. The van der Waals surface area contributed by atoms with Gasteiger partial charge in [0.05, 0.1) is 6.54 Å². The van der Waals surface area contributed by atoms with E-state index in [9.17, 15) is 4.79 Å². The van der Waals surface area contributed by atoms with Gasteiger partial charge in [-0.3, -0.25) is 4.79 Å². The minimum Gasteiger partial charge on any atom is -0.372 e. The quantitative estimate of drug-likeness (QED) is 0.852. The third-order valence-corrected chi connectivity index (χ3v) is 6.42. The second kappa shape index (κ2) is 6.69. The summed E-state index contributed by atoms with van der Waals surface area (Å²) < 4.78 is 0. The lowest BCUT2D eigenvalue weighted by atomic mass is 9.75. The predicted molar refractivity (Wildman–Crippen MR) is 117 cm³/mol. The third kappa shape index (κ3) is 2.62. The number of nitrogens with zero attached hydrogens (tertiary/aromatic N) is 2. The number of rotatable bonds is 5. The molecule has 1 amide bonds. The lowest BCUT2D eigenvalue weighted by Gasteiger charge is -2.40. The number of hydrogen-bond acceptors (Lipinski definition) is 3. The molecule has 2 heterocycles.